The van der Waals surface area contributed by atoms with E-state index in [-0.39, 0.29) is 0 Å². The third kappa shape index (κ3) is 6.32. The van der Waals surface area contributed by atoms with Crippen molar-refractivity contribution in [2.45, 2.75) is 87.5 Å². The van der Waals surface area contributed by atoms with Crippen LogP contribution in [0.25, 0.3) is 0 Å². The lowest BCUT2D eigenvalue weighted by molar-refractivity contribution is 0.109. The summed E-state index contributed by atoms with van der Waals surface area (Å²) in [5.41, 5.74) is 0. The molecule has 116 valence electrons. The van der Waals surface area contributed by atoms with E-state index in [4.69, 9.17) is 0 Å². The zero-order chi connectivity index (χ0) is 15.0. The van der Waals surface area contributed by atoms with Crippen LogP contribution < -0.4 is 0 Å². The van der Waals surface area contributed by atoms with Gasteiger partial charge in [-0.3, -0.25) is 0 Å². The Morgan fingerprint density at radius 3 is 1.74 bits per heavy atom. The van der Waals surface area contributed by atoms with E-state index in [1.165, 1.54) is 32.1 Å². The molecule has 0 nitrogen and oxygen atoms in total. The summed E-state index contributed by atoms with van der Waals surface area (Å²) >= 11 is 0. The van der Waals surface area contributed by atoms with Crippen LogP contribution in [-0.2, 0) is 0 Å². The van der Waals surface area contributed by atoms with Crippen molar-refractivity contribution >= 4 is 0 Å². The van der Waals surface area contributed by atoms with Crippen LogP contribution in [0.5, 0.6) is 0 Å². The second kappa shape index (κ2) is 9.83. The molecular formula is C19H40. The molecule has 0 N–H and O–H groups in total. The zero-order valence-corrected chi connectivity index (χ0v) is 15.0. The highest BCUT2D eigenvalue weighted by atomic mass is 14.4. The summed E-state index contributed by atoms with van der Waals surface area (Å²) in [6.45, 7) is 19.4. The minimum Gasteiger partial charge on any atom is -0.0654 e. The van der Waals surface area contributed by atoms with Gasteiger partial charge in [-0.2, -0.15) is 0 Å². The first-order valence-corrected chi connectivity index (χ1v) is 8.88. The average Bonchev–Trinajstić information content (AvgIpc) is 2.36. The Morgan fingerprint density at radius 1 is 0.789 bits per heavy atom. The maximum absolute atomic E-state index is 2.51. The minimum atomic E-state index is 0.822. The summed E-state index contributed by atoms with van der Waals surface area (Å²) in [5, 5.41) is 0. The molecule has 0 aliphatic carbocycles. The van der Waals surface area contributed by atoms with Gasteiger partial charge in [0, 0.05) is 0 Å². The summed E-state index contributed by atoms with van der Waals surface area (Å²) < 4.78 is 0. The SMILES string of the molecule is CCCC(C)CC(CC)C(C(C)C)C(C)C(C)CC. The smallest absolute Gasteiger partial charge is 0.0334 e. The van der Waals surface area contributed by atoms with Crippen LogP contribution in [0.15, 0.2) is 0 Å². The minimum absolute atomic E-state index is 0.822. The van der Waals surface area contributed by atoms with Gasteiger partial charge < -0.3 is 0 Å². The van der Waals surface area contributed by atoms with E-state index in [1.54, 1.807) is 0 Å². The van der Waals surface area contributed by atoms with Gasteiger partial charge in [-0.25, -0.2) is 0 Å². The lowest BCUT2D eigenvalue weighted by Gasteiger charge is -2.38. The number of rotatable bonds is 10. The molecule has 0 heteroatoms. The van der Waals surface area contributed by atoms with Crippen LogP contribution in [0.3, 0.4) is 0 Å². The van der Waals surface area contributed by atoms with Gasteiger partial charge in [0.05, 0.1) is 0 Å². The molecule has 0 amide bonds. The molecule has 5 unspecified atom stereocenters. The predicted molar refractivity (Wildman–Crippen MR) is 89.4 cm³/mol. The zero-order valence-electron chi connectivity index (χ0n) is 15.0. The molecule has 0 aromatic carbocycles. The topological polar surface area (TPSA) is 0 Å². The molecule has 0 radical (unpaired) electrons. The molecule has 0 aliphatic heterocycles. The number of hydrogen-bond acceptors (Lipinski definition) is 0. The van der Waals surface area contributed by atoms with E-state index in [0.29, 0.717) is 0 Å². The fraction of sp³-hybridized carbons (Fsp3) is 1.00. The monoisotopic (exact) mass is 268 g/mol. The molecule has 5 atom stereocenters. The Hall–Kier alpha value is 0. The second-order valence-corrected chi connectivity index (χ2v) is 7.36. The van der Waals surface area contributed by atoms with Gasteiger partial charge in [-0.05, 0) is 41.9 Å². The molecule has 0 aliphatic rings. The quantitative estimate of drug-likeness (QED) is 0.409. The van der Waals surface area contributed by atoms with Crippen LogP contribution >= 0.6 is 0 Å². The van der Waals surface area contributed by atoms with Gasteiger partial charge in [-0.1, -0.05) is 81.1 Å². The molecule has 0 saturated carbocycles. The maximum Gasteiger partial charge on any atom is -0.0334 e. The summed E-state index contributed by atoms with van der Waals surface area (Å²) in [5.74, 6) is 5.28. The molecule has 0 bridgehead atoms. The summed E-state index contributed by atoms with van der Waals surface area (Å²) in [6, 6.07) is 0. The van der Waals surface area contributed by atoms with E-state index >= 15 is 0 Å². The Morgan fingerprint density at radius 2 is 1.37 bits per heavy atom. The van der Waals surface area contributed by atoms with Crippen molar-refractivity contribution < 1.29 is 0 Å². The van der Waals surface area contributed by atoms with E-state index in [2.05, 4.69) is 55.4 Å². The van der Waals surface area contributed by atoms with Gasteiger partial charge in [0.2, 0.25) is 0 Å². The van der Waals surface area contributed by atoms with E-state index in [1.807, 2.05) is 0 Å². The highest BCUT2D eigenvalue weighted by Crippen LogP contribution is 2.39. The van der Waals surface area contributed by atoms with Crippen LogP contribution in [0.4, 0.5) is 0 Å². The first kappa shape index (κ1) is 19.0. The second-order valence-electron chi connectivity index (χ2n) is 7.36. The van der Waals surface area contributed by atoms with E-state index in [0.717, 1.165) is 35.5 Å². The Balaban J connectivity index is 4.80. The number of hydrogen-bond donors (Lipinski definition) is 0. The Labute approximate surface area is 123 Å². The van der Waals surface area contributed by atoms with Crippen molar-refractivity contribution in [1.29, 1.82) is 0 Å². The molecule has 0 spiro atoms. The fourth-order valence-electron chi connectivity index (χ4n) is 4.06. The van der Waals surface area contributed by atoms with Crippen molar-refractivity contribution in [3.05, 3.63) is 0 Å². The van der Waals surface area contributed by atoms with Gasteiger partial charge >= 0.3 is 0 Å². The third-order valence-corrected chi connectivity index (χ3v) is 5.47. The predicted octanol–water partition coefficient (Wildman–Crippen LogP) is 6.79. The van der Waals surface area contributed by atoms with Gasteiger partial charge in [0.25, 0.3) is 0 Å². The fourth-order valence-corrected chi connectivity index (χ4v) is 4.06. The van der Waals surface area contributed by atoms with Crippen LogP contribution in [0.1, 0.15) is 87.5 Å². The summed E-state index contributed by atoms with van der Waals surface area (Å²) in [6.07, 6.45) is 6.86. The van der Waals surface area contributed by atoms with E-state index in [9.17, 15) is 0 Å². The summed E-state index contributed by atoms with van der Waals surface area (Å²) in [7, 11) is 0. The highest BCUT2D eigenvalue weighted by molar-refractivity contribution is 4.80. The van der Waals surface area contributed by atoms with E-state index < -0.39 is 0 Å². The van der Waals surface area contributed by atoms with Crippen molar-refractivity contribution in [3.63, 3.8) is 0 Å². The van der Waals surface area contributed by atoms with Gasteiger partial charge in [0.15, 0.2) is 0 Å². The highest BCUT2D eigenvalue weighted by Gasteiger charge is 2.31. The first-order valence-electron chi connectivity index (χ1n) is 8.88. The normalized spacial score (nSPS) is 20.1. The Bertz CT molecular complexity index is 206. The van der Waals surface area contributed by atoms with Crippen molar-refractivity contribution in [2.75, 3.05) is 0 Å². The molecule has 0 rings (SSSR count). The lowest BCUT2D eigenvalue weighted by atomic mass is 9.67. The average molecular weight is 269 g/mol. The maximum atomic E-state index is 2.51. The molecule has 0 heterocycles. The van der Waals surface area contributed by atoms with Crippen LogP contribution in [0.2, 0.25) is 0 Å². The molecule has 0 aromatic heterocycles. The van der Waals surface area contributed by atoms with Crippen molar-refractivity contribution in [3.8, 4) is 0 Å². The third-order valence-electron chi connectivity index (χ3n) is 5.47. The van der Waals surface area contributed by atoms with Crippen molar-refractivity contribution in [1.82, 2.24) is 0 Å². The lowest BCUT2D eigenvalue weighted by Crippen LogP contribution is -2.31. The molecule has 0 saturated heterocycles. The summed E-state index contributed by atoms with van der Waals surface area (Å²) in [4.78, 5) is 0. The van der Waals surface area contributed by atoms with Crippen LogP contribution in [-0.4, -0.2) is 0 Å². The molecule has 19 heavy (non-hydrogen) atoms. The van der Waals surface area contributed by atoms with Crippen molar-refractivity contribution in [2.24, 2.45) is 35.5 Å². The Kier molecular flexibility index (Phi) is 9.83. The first-order chi connectivity index (χ1) is 8.88. The molecule has 0 aromatic rings. The standard InChI is InChI=1S/C19H40/c1-9-12-15(6)13-18(11-3)19(14(4)5)17(8)16(7)10-2/h14-19H,9-13H2,1-8H3. The largest absolute Gasteiger partial charge is 0.0654 e. The van der Waals surface area contributed by atoms with Gasteiger partial charge in [-0.15, -0.1) is 0 Å². The van der Waals surface area contributed by atoms with Crippen LogP contribution in [0, 0.1) is 35.5 Å². The molecular weight excluding hydrogens is 228 g/mol. The molecule has 0 fully saturated rings. The van der Waals surface area contributed by atoms with Gasteiger partial charge in [0.1, 0.15) is 0 Å².